The van der Waals surface area contributed by atoms with Gasteiger partial charge in [-0.3, -0.25) is 4.79 Å². The standard InChI is InChI=1S/C13H18BrNO2/c1-13(2,8-15)12(16)7-9-4-5-11(17-3)10(14)6-9/h4-6H,7-8,15H2,1-3H3. The van der Waals surface area contributed by atoms with Crippen LogP contribution in [0.1, 0.15) is 19.4 Å². The molecule has 1 aromatic rings. The van der Waals surface area contributed by atoms with E-state index in [1.165, 1.54) is 0 Å². The van der Waals surface area contributed by atoms with Crippen LogP contribution in [0.4, 0.5) is 0 Å². The highest BCUT2D eigenvalue weighted by atomic mass is 79.9. The van der Waals surface area contributed by atoms with Gasteiger partial charge in [-0.15, -0.1) is 0 Å². The van der Waals surface area contributed by atoms with Crippen molar-refractivity contribution in [1.29, 1.82) is 0 Å². The van der Waals surface area contributed by atoms with E-state index < -0.39 is 5.41 Å². The molecule has 0 fully saturated rings. The molecule has 17 heavy (non-hydrogen) atoms. The maximum absolute atomic E-state index is 12.0. The molecule has 94 valence electrons. The molecule has 0 unspecified atom stereocenters. The van der Waals surface area contributed by atoms with Gasteiger partial charge >= 0.3 is 0 Å². The zero-order chi connectivity index (χ0) is 13.1. The highest BCUT2D eigenvalue weighted by Crippen LogP contribution is 2.27. The third kappa shape index (κ3) is 3.54. The number of rotatable bonds is 5. The number of ether oxygens (including phenoxy) is 1. The van der Waals surface area contributed by atoms with Gasteiger partial charge in [0.05, 0.1) is 11.6 Å². The molecule has 0 heterocycles. The molecule has 0 aliphatic heterocycles. The molecule has 0 saturated heterocycles. The van der Waals surface area contributed by atoms with E-state index in [-0.39, 0.29) is 5.78 Å². The number of hydrogen-bond donors (Lipinski definition) is 1. The van der Waals surface area contributed by atoms with Crippen LogP contribution in [0.25, 0.3) is 0 Å². The molecule has 0 radical (unpaired) electrons. The molecule has 1 rings (SSSR count). The first-order valence-electron chi connectivity index (χ1n) is 5.46. The minimum absolute atomic E-state index is 0.150. The van der Waals surface area contributed by atoms with Gasteiger partial charge in [0.2, 0.25) is 0 Å². The number of hydrogen-bond acceptors (Lipinski definition) is 3. The summed E-state index contributed by atoms with van der Waals surface area (Å²) in [6.07, 6.45) is 0.396. The summed E-state index contributed by atoms with van der Waals surface area (Å²) in [6.45, 7) is 4.10. The quantitative estimate of drug-likeness (QED) is 0.909. The van der Waals surface area contributed by atoms with Gasteiger partial charge in [0.1, 0.15) is 11.5 Å². The normalized spacial score (nSPS) is 11.4. The second-order valence-electron chi connectivity index (χ2n) is 4.66. The number of Topliss-reactive ketones (excluding diaryl/α,β-unsaturated/α-hetero) is 1. The first-order valence-corrected chi connectivity index (χ1v) is 6.26. The van der Waals surface area contributed by atoms with Gasteiger partial charge in [-0.2, -0.15) is 0 Å². The van der Waals surface area contributed by atoms with Gasteiger partial charge in [-0.1, -0.05) is 19.9 Å². The van der Waals surface area contributed by atoms with Crippen LogP contribution in [0.3, 0.4) is 0 Å². The Morgan fingerprint density at radius 1 is 1.47 bits per heavy atom. The molecule has 0 amide bonds. The van der Waals surface area contributed by atoms with Crippen molar-refractivity contribution in [3.05, 3.63) is 28.2 Å². The topological polar surface area (TPSA) is 52.3 Å². The summed E-state index contributed by atoms with van der Waals surface area (Å²) in [5.41, 5.74) is 6.08. The summed E-state index contributed by atoms with van der Waals surface area (Å²) < 4.78 is 6.00. The fourth-order valence-corrected chi connectivity index (χ4v) is 1.95. The van der Waals surface area contributed by atoms with Gasteiger partial charge in [0.25, 0.3) is 0 Å². The van der Waals surface area contributed by atoms with Crippen LogP contribution in [-0.2, 0) is 11.2 Å². The molecular formula is C13H18BrNO2. The van der Waals surface area contributed by atoms with Gasteiger partial charge in [-0.05, 0) is 33.6 Å². The van der Waals surface area contributed by atoms with E-state index in [0.29, 0.717) is 13.0 Å². The molecule has 4 heteroatoms. The summed E-state index contributed by atoms with van der Waals surface area (Å²) in [5, 5.41) is 0. The third-order valence-electron chi connectivity index (χ3n) is 2.85. The fourth-order valence-electron chi connectivity index (χ4n) is 1.36. The van der Waals surface area contributed by atoms with Gasteiger partial charge in [-0.25, -0.2) is 0 Å². The Balaban J connectivity index is 2.83. The van der Waals surface area contributed by atoms with E-state index in [4.69, 9.17) is 10.5 Å². The van der Waals surface area contributed by atoms with E-state index >= 15 is 0 Å². The lowest BCUT2D eigenvalue weighted by Crippen LogP contribution is -2.33. The molecule has 0 bridgehead atoms. The highest BCUT2D eigenvalue weighted by Gasteiger charge is 2.25. The molecule has 0 saturated carbocycles. The maximum Gasteiger partial charge on any atom is 0.144 e. The van der Waals surface area contributed by atoms with Crippen molar-refractivity contribution < 1.29 is 9.53 Å². The average Bonchev–Trinajstić information content (AvgIpc) is 2.29. The number of nitrogens with two attached hydrogens (primary N) is 1. The average molecular weight is 300 g/mol. The molecule has 2 N–H and O–H groups in total. The van der Waals surface area contributed by atoms with Gasteiger partial charge < -0.3 is 10.5 Å². The van der Waals surface area contributed by atoms with Crippen molar-refractivity contribution in [3.63, 3.8) is 0 Å². The predicted octanol–water partition coefficient (Wildman–Crippen LogP) is 2.55. The number of methoxy groups -OCH3 is 1. The molecular weight excluding hydrogens is 282 g/mol. The minimum Gasteiger partial charge on any atom is -0.496 e. The molecule has 0 atom stereocenters. The SMILES string of the molecule is COc1ccc(CC(=O)C(C)(C)CN)cc1Br. The summed E-state index contributed by atoms with van der Waals surface area (Å²) >= 11 is 3.40. The van der Waals surface area contributed by atoms with Crippen LogP contribution in [-0.4, -0.2) is 19.4 Å². The largest absolute Gasteiger partial charge is 0.496 e. The smallest absolute Gasteiger partial charge is 0.144 e. The number of halogens is 1. The Hall–Kier alpha value is -0.870. The molecule has 0 aliphatic carbocycles. The lowest BCUT2D eigenvalue weighted by molar-refractivity contribution is -0.125. The van der Waals surface area contributed by atoms with Crippen molar-refractivity contribution in [3.8, 4) is 5.75 Å². The Bertz CT molecular complexity index is 416. The van der Waals surface area contributed by atoms with Crippen LogP contribution in [0.15, 0.2) is 22.7 Å². The number of carbonyl (C=O) groups excluding carboxylic acids is 1. The highest BCUT2D eigenvalue weighted by molar-refractivity contribution is 9.10. The van der Waals surface area contributed by atoms with E-state index in [2.05, 4.69) is 15.9 Å². The molecule has 0 aromatic heterocycles. The van der Waals surface area contributed by atoms with Crippen LogP contribution >= 0.6 is 15.9 Å². The van der Waals surface area contributed by atoms with Crippen molar-refractivity contribution in [2.24, 2.45) is 11.1 Å². The monoisotopic (exact) mass is 299 g/mol. The molecule has 0 aliphatic rings. The molecule has 0 spiro atoms. The molecule has 1 aromatic carbocycles. The summed E-state index contributed by atoms with van der Waals surface area (Å²) in [7, 11) is 1.61. The van der Waals surface area contributed by atoms with Crippen molar-refractivity contribution >= 4 is 21.7 Å². The van der Waals surface area contributed by atoms with Crippen molar-refractivity contribution in [1.82, 2.24) is 0 Å². The second kappa shape index (κ2) is 5.65. The first kappa shape index (κ1) is 14.2. The predicted molar refractivity (Wildman–Crippen MR) is 72.2 cm³/mol. The Morgan fingerprint density at radius 3 is 2.59 bits per heavy atom. The van der Waals surface area contributed by atoms with Crippen LogP contribution in [0.5, 0.6) is 5.75 Å². The summed E-state index contributed by atoms with van der Waals surface area (Å²) in [5.74, 6) is 0.913. The third-order valence-corrected chi connectivity index (χ3v) is 3.47. The number of benzene rings is 1. The lowest BCUT2D eigenvalue weighted by atomic mass is 9.85. The van der Waals surface area contributed by atoms with E-state index in [1.807, 2.05) is 32.0 Å². The van der Waals surface area contributed by atoms with E-state index in [1.54, 1.807) is 7.11 Å². The van der Waals surface area contributed by atoms with E-state index in [0.717, 1.165) is 15.8 Å². The van der Waals surface area contributed by atoms with Crippen molar-refractivity contribution in [2.45, 2.75) is 20.3 Å². The summed E-state index contributed by atoms with van der Waals surface area (Å²) in [6, 6.07) is 5.65. The van der Waals surface area contributed by atoms with Crippen LogP contribution < -0.4 is 10.5 Å². The first-order chi connectivity index (χ1) is 7.90. The van der Waals surface area contributed by atoms with Crippen molar-refractivity contribution in [2.75, 3.05) is 13.7 Å². The second-order valence-corrected chi connectivity index (χ2v) is 5.51. The fraction of sp³-hybridized carbons (Fsp3) is 0.462. The van der Waals surface area contributed by atoms with Crippen LogP contribution in [0, 0.1) is 5.41 Å². The zero-order valence-electron chi connectivity index (χ0n) is 10.4. The van der Waals surface area contributed by atoms with Gasteiger partial charge in [0, 0.05) is 18.4 Å². The Kier molecular flexibility index (Phi) is 4.71. The number of carbonyl (C=O) groups is 1. The van der Waals surface area contributed by atoms with Crippen LogP contribution in [0.2, 0.25) is 0 Å². The Labute approximate surface area is 110 Å². The zero-order valence-corrected chi connectivity index (χ0v) is 12.0. The Morgan fingerprint density at radius 2 is 2.12 bits per heavy atom. The minimum atomic E-state index is -0.466. The van der Waals surface area contributed by atoms with E-state index in [9.17, 15) is 4.79 Å². The molecule has 3 nitrogen and oxygen atoms in total. The summed E-state index contributed by atoms with van der Waals surface area (Å²) in [4.78, 5) is 12.0. The number of ketones is 1. The lowest BCUT2D eigenvalue weighted by Gasteiger charge is -2.20. The van der Waals surface area contributed by atoms with Gasteiger partial charge in [0.15, 0.2) is 0 Å². The maximum atomic E-state index is 12.0.